The van der Waals surface area contributed by atoms with E-state index in [-0.39, 0.29) is 12.5 Å². The summed E-state index contributed by atoms with van der Waals surface area (Å²) in [5, 5.41) is 2.73. The number of amides is 3. The van der Waals surface area contributed by atoms with E-state index in [9.17, 15) is 9.59 Å². The number of nitrogens with zero attached hydrogens (tertiary/aromatic N) is 2. The second-order valence-corrected chi connectivity index (χ2v) is 8.82. The van der Waals surface area contributed by atoms with Gasteiger partial charge in [0.05, 0.1) is 12.2 Å². The van der Waals surface area contributed by atoms with Gasteiger partial charge in [0.1, 0.15) is 5.70 Å². The SMILES string of the molecule is Cc1cccc(C)c1-n1c(C)cc(/C=C2/NC(=O)N(Cc3ccc(Br)cc3)C2=O)c1C. The van der Waals surface area contributed by atoms with Crippen LogP contribution in [0.5, 0.6) is 0 Å². The number of carbonyl (C=O) groups is 2. The molecule has 0 spiro atoms. The molecule has 158 valence electrons. The molecular weight excluding hydrogens is 454 g/mol. The molecule has 0 atom stereocenters. The molecule has 1 fully saturated rings. The van der Waals surface area contributed by atoms with Crippen LogP contribution in [0.25, 0.3) is 11.8 Å². The quantitative estimate of drug-likeness (QED) is 0.394. The first-order chi connectivity index (χ1) is 14.8. The number of rotatable bonds is 4. The third-order valence-corrected chi connectivity index (χ3v) is 6.18. The third-order valence-electron chi connectivity index (χ3n) is 5.65. The van der Waals surface area contributed by atoms with Crippen LogP contribution in [0, 0.1) is 27.7 Å². The van der Waals surface area contributed by atoms with Gasteiger partial charge in [0.15, 0.2) is 0 Å². The molecular formula is C25H24BrN3O2. The minimum atomic E-state index is -0.400. The van der Waals surface area contributed by atoms with Crippen molar-refractivity contribution in [2.24, 2.45) is 0 Å². The summed E-state index contributed by atoms with van der Waals surface area (Å²) in [7, 11) is 0. The first-order valence-electron chi connectivity index (χ1n) is 10.1. The lowest BCUT2D eigenvalue weighted by Gasteiger charge is -2.15. The summed E-state index contributed by atoms with van der Waals surface area (Å²) in [5.74, 6) is -0.315. The number of halogens is 1. The van der Waals surface area contributed by atoms with E-state index < -0.39 is 6.03 Å². The molecule has 6 heteroatoms. The maximum Gasteiger partial charge on any atom is 0.329 e. The molecule has 4 rings (SSSR count). The highest BCUT2D eigenvalue weighted by molar-refractivity contribution is 9.10. The van der Waals surface area contributed by atoms with E-state index >= 15 is 0 Å². The van der Waals surface area contributed by atoms with Crippen LogP contribution in [0.4, 0.5) is 4.79 Å². The van der Waals surface area contributed by atoms with Crippen molar-refractivity contribution in [2.75, 3.05) is 0 Å². The van der Waals surface area contributed by atoms with Crippen LogP contribution in [-0.4, -0.2) is 21.4 Å². The smallest absolute Gasteiger partial charge is 0.317 e. The molecule has 1 aromatic heterocycles. The Morgan fingerprint density at radius 2 is 1.61 bits per heavy atom. The second-order valence-electron chi connectivity index (χ2n) is 7.91. The van der Waals surface area contributed by atoms with Gasteiger partial charge in [-0.3, -0.25) is 9.69 Å². The molecule has 2 aromatic carbocycles. The van der Waals surface area contributed by atoms with E-state index in [1.54, 1.807) is 6.08 Å². The van der Waals surface area contributed by atoms with E-state index in [4.69, 9.17) is 0 Å². The number of hydrogen-bond donors (Lipinski definition) is 1. The number of benzene rings is 2. The summed E-state index contributed by atoms with van der Waals surface area (Å²) in [6, 6.07) is 15.5. The lowest BCUT2D eigenvalue weighted by molar-refractivity contribution is -0.123. The van der Waals surface area contributed by atoms with Gasteiger partial charge in [-0.25, -0.2) is 4.79 Å². The predicted molar refractivity (Wildman–Crippen MR) is 126 cm³/mol. The Labute approximate surface area is 190 Å². The molecule has 3 amide bonds. The molecule has 1 saturated heterocycles. The first kappa shape index (κ1) is 21.1. The first-order valence-corrected chi connectivity index (χ1v) is 10.9. The van der Waals surface area contributed by atoms with Crippen molar-refractivity contribution in [3.8, 4) is 5.69 Å². The van der Waals surface area contributed by atoms with Gasteiger partial charge in [-0.1, -0.05) is 46.3 Å². The Morgan fingerprint density at radius 3 is 2.26 bits per heavy atom. The van der Waals surface area contributed by atoms with Crippen molar-refractivity contribution < 1.29 is 9.59 Å². The summed E-state index contributed by atoms with van der Waals surface area (Å²) in [5.41, 5.74) is 7.72. The summed E-state index contributed by atoms with van der Waals surface area (Å²) in [4.78, 5) is 26.6. The van der Waals surface area contributed by atoms with Crippen molar-refractivity contribution in [3.63, 3.8) is 0 Å². The Balaban J connectivity index is 1.66. The lowest BCUT2D eigenvalue weighted by atomic mass is 10.1. The van der Waals surface area contributed by atoms with Crippen LogP contribution in [0.2, 0.25) is 0 Å². The van der Waals surface area contributed by atoms with Crippen LogP contribution in [-0.2, 0) is 11.3 Å². The van der Waals surface area contributed by atoms with Gasteiger partial charge in [0, 0.05) is 15.9 Å². The highest BCUT2D eigenvalue weighted by atomic mass is 79.9. The summed E-state index contributed by atoms with van der Waals surface area (Å²) >= 11 is 3.40. The molecule has 0 radical (unpaired) electrons. The van der Waals surface area contributed by atoms with Crippen molar-refractivity contribution >= 4 is 33.9 Å². The van der Waals surface area contributed by atoms with Gasteiger partial charge in [-0.2, -0.15) is 0 Å². The number of imide groups is 1. The average molecular weight is 478 g/mol. The van der Waals surface area contributed by atoms with E-state index in [1.807, 2.05) is 37.3 Å². The highest BCUT2D eigenvalue weighted by Gasteiger charge is 2.33. The molecule has 0 saturated carbocycles. The van der Waals surface area contributed by atoms with Crippen LogP contribution in [0.15, 0.2) is 58.7 Å². The Hall–Kier alpha value is -3.12. The van der Waals surface area contributed by atoms with Gasteiger partial charge in [0.2, 0.25) is 0 Å². The van der Waals surface area contributed by atoms with Crippen molar-refractivity contribution in [1.29, 1.82) is 0 Å². The topological polar surface area (TPSA) is 54.3 Å². The highest BCUT2D eigenvalue weighted by Crippen LogP contribution is 2.28. The van der Waals surface area contributed by atoms with Gasteiger partial charge in [0.25, 0.3) is 5.91 Å². The van der Waals surface area contributed by atoms with Crippen molar-refractivity contribution in [3.05, 3.63) is 92.3 Å². The molecule has 1 aliphatic heterocycles. The maximum atomic E-state index is 12.9. The molecule has 31 heavy (non-hydrogen) atoms. The number of aryl methyl sites for hydroxylation is 3. The average Bonchev–Trinajstić information content (AvgIpc) is 3.14. The maximum absolute atomic E-state index is 12.9. The van der Waals surface area contributed by atoms with Crippen molar-refractivity contribution in [1.82, 2.24) is 14.8 Å². The standard InChI is InChI=1S/C25H24BrN3O2/c1-15-6-5-7-16(2)23(15)29-17(3)12-20(18(29)4)13-22-24(30)28(25(31)27-22)14-19-8-10-21(26)11-9-19/h5-13H,14H2,1-4H3,(H,27,31)/b22-13+. The number of aromatic nitrogens is 1. The predicted octanol–water partition coefficient (Wildman–Crippen LogP) is 5.57. The molecule has 1 N–H and O–H groups in total. The summed E-state index contributed by atoms with van der Waals surface area (Å²) < 4.78 is 3.16. The monoisotopic (exact) mass is 477 g/mol. The van der Waals surface area contributed by atoms with Gasteiger partial charge < -0.3 is 9.88 Å². The zero-order valence-corrected chi connectivity index (χ0v) is 19.6. The zero-order valence-electron chi connectivity index (χ0n) is 18.0. The number of hydrogen-bond acceptors (Lipinski definition) is 2. The largest absolute Gasteiger partial charge is 0.329 e. The zero-order chi connectivity index (χ0) is 22.3. The van der Waals surface area contributed by atoms with Crippen molar-refractivity contribution in [2.45, 2.75) is 34.2 Å². The number of para-hydroxylation sites is 1. The number of carbonyl (C=O) groups excluding carboxylic acids is 2. The van der Waals surface area contributed by atoms with E-state index in [1.165, 1.54) is 16.0 Å². The number of nitrogens with one attached hydrogen (secondary N) is 1. The normalized spacial score (nSPS) is 15.1. The van der Waals surface area contributed by atoms with E-state index in [0.717, 1.165) is 32.7 Å². The molecule has 5 nitrogen and oxygen atoms in total. The fourth-order valence-electron chi connectivity index (χ4n) is 4.08. The number of urea groups is 1. The molecule has 0 unspecified atom stereocenters. The molecule has 2 heterocycles. The van der Waals surface area contributed by atoms with Gasteiger partial charge in [-0.05, 0) is 74.2 Å². The second kappa shape index (κ2) is 8.19. The summed E-state index contributed by atoms with van der Waals surface area (Å²) in [6.45, 7) is 8.51. The minimum Gasteiger partial charge on any atom is -0.317 e. The molecule has 0 aliphatic carbocycles. The Kier molecular flexibility index (Phi) is 5.58. The minimum absolute atomic E-state index is 0.233. The van der Waals surface area contributed by atoms with Crippen LogP contribution in [0.1, 0.15) is 33.6 Å². The van der Waals surface area contributed by atoms with Gasteiger partial charge >= 0.3 is 6.03 Å². The van der Waals surface area contributed by atoms with Gasteiger partial charge in [-0.15, -0.1) is 0 Å². The van der Waals surface area contributed by atoms with E-state index in [2.05, 4.69) is 64.8 Å². The lowest BCUT2D eigenvalue weighted by Crippen LogP contribution is -2.30. The van der Waals surface area contributed by atoms with Crippen LogP contribution in [0.3, 0.4) is 0 Å². The fourth-order valence-corrected chi connectivity index (χ4v) is 4.34. The molecule has 3 aromatic rings. The summed E-state index contributed by atoms with van der Waals surface area (Å²) in [6.07, 6.45) is 1.77. The van der Waals surface area contributed by atoms with Crippen LogP contribution >= 0.6 is 15.9 Å². The van der Waals surface area contributed by atoms with E-state index in [0.29, 0.717) is 5.70 Å². The van der Waals surface area contributed by atoms with Crippen LogP contribution < -0.4 is 5.32 Å². The third kappa shape index (κ3) is 3.95. The fraction of sp³-hybridized carbons (Fsp3) is 0.200. The molecule has 1 aliphatic rings. The molecule has 0 bridgehead atoms. The Bertz CT molecular complexity index is 1200. The Morgan fingerprint density at radius 1 is 0.968 bits per heavy atom.